The highest BCUT2D eigenvalue weighted by Crippen LogP contribution is 2.37. The third-order valence-corrected chi connectivity index (χ3v) is 6.04. The number of hydrogen-bond donors (Lipinski definition) is 1. The molecule has 3 rings (SSSR count). The zero-order valence-corrected chi connectivity index (χ0v) is 17.1. The Balaban J connectivity index is 1.75. The quantitative estimate of drug-likeness (QED) is 0.513. The van der Waals surface area contributed by atoms with Crippen LogP contribution in [0.3, 0.4) is 0 Å². The first kappa shape index (κ1) is 20.6. The fourth-order valence-electron chi connectivity index (χ4n) is 3.26. The van der Waals surface area contributed by atoms with Gasteiger partial charge < -0.3 is 9.84 Å². The summed E-state index contributed by atoms with van der Waals surface area (Å²) in [5.41, 5.74) is 1.58. The summed E-state index contributed by atoms with van der Waals surface area (Å²) in [5, 5.41) is 10.8. The number of carboxylic acids is 1. The van der Waals surface area contributed by atoms with E-state index in [4.69, 9.17) is 16.3 Å². The molecule has 1 aliphatic heterocycles. The first-order valence-electron chi connectivity index (χ1n) is 9.20. The van der Waals surface area contributed by atoms with E-state index in [-0.39, 0.29) is 5.97 Å². The largest absolute Gasteiger partial charge is 0.480 e. The SMILES string of the molecule is CCCC=CC(=O)Oc1cc2c(s1)CCN(C(C(=O)O)c1ccccc1Cl)C2. The van der Waals surface area contributed by atoms with Crippen LogP contribution in [0.2, 0.25) is 5.02 Å². The summed E-state index contributed by atoms with van der Waals surface area (Å²) in [7, 11) is 0. The first-order valence-corrected chi connectivity index (χ1v) is 10.4. The average Bonchev–Trinajstić information content (AvgIpc) is 3.05. The minimum Gasteiger partial charge on any atom is -0.480 e. The molecule has 1 aromatic carbocycles. The normalized spacial score (nSPS) is 15.4. The van der Waals surface area contributed by atoms with Gasteiger partial charge in [-0.3, -0.25) is 9.69 Å². The maximum absolute atomic E-state index is 12.0. The van der Waals surface area contributed by atoms with E-state index in [0.29, 0.717) is 35.2 Å². The van der Waals surface area contributed by atoms with Gasteiger partial charge in [0.25, 0.3) is 0 Å². The van der Waals surface area contributed by atoms with Crippen LogP contribution in [-0.2, 0) is 22.6 Å². The van der Waals surface area contributed by atoms with E-state index >= 15 is 0 Å². The van der Waals surface area contributed by atoms with E-state index in [2.05, 4.69) is 0 Å². The number of carbonyl (C=O) groups is 2. The number of carbonyl (C=O) groups excluding carboxylic acids is 1. The summed E-state index contributed by atoms with van der Waals surface area (Å²) in [6, 6.07) is 8.05. The van der Waals surface area contributed by atoms with Crippen LogP contribution < -0.4 is 4.74 Å². The molecule has 0 spiro atoms. The Hall–Kier alpha value is -2.15. The molecule has 0 saturated carbocycles. The number of hydrogen-bond acceptors (Lipinski definition) is 5. The number of benzene rings is 1. The van der Waals surface area contributed by atoms with Crippen molar-refractivity contribution in [3.8, 4) is 5.06 Å². The Morgan fingerprint density at radius 1 is 1.39 bits per heavy atom. The van der Waals surface area contributed by atoms with E-state index in [9.17, 15) is 14.7 Å². The van der Waals surface area contributed by atoms with Crippen molar-refractivity contribution in [3.63, 3.8) is 0 Å². The Bertz CT molecular complexity index is 892. The minimum absolute atomic E-state index is 0.386. The number of fused-ring (bicyclic) bond motifs is 1. The fourth-order valence-corrected chi connectivity index (χ4v) is 4.52. The standard InChI is InChI=1S/C21H22ClNO4S/c1-2-3-4-9-18(24)27-19-12-14-13-23(11-10-17(14)28-19)20(21(25)26)15-7-5-6-8-16(15)22/h4-9,12,20H,2-3,10-11,13H2,1H3,(H,25,26). The molecule has 1 aliphatic rings. The zero-order valence-electron chi connectivity index (χ0n) is 15.6. The van der Waals surface area contributed by atoms with E-state index in [1.807, 2.05) is 17.9 Å². The fraction of sp³-hybridized carbons (Fsp3) is 0.333. The van der Waals surface area contributed by atoms with Crippen molar-refractivity contribution in [3.05, 3.63) is 63.5 Å². The topological polar surface area (TPSA) is 66.8 Å². The van der Waals surface area contributed by atoms with Crippen molar-refractivity contribution >= 4 is 34.9 Å². The molecule has 0 radical (unpaired) electrons. The molecule has 5 nitrogen and oxygen atoms in total. The van der Waals surface area contributed by atoms with Gasteiger partial charge in [-0.1, -0.05) is 49.2 Å². The lowest BCUT2D eigenvalue weighted by Crippen LogP contribution is -2.37. The van der Waals surface area contributed by atoms with E-state index in [0.717, 1.165) is 23.3 Å². The van der Waals surface area contributed by atoms with Gasteiger partial charge in [-0.15, -0.1) is 11.3 Å². The van der Waals surface area contributed by atoms with Gasteiger partial charge in [0.15, 0.2) is 5.06 Å². The summed E-state index contributed by atoms with van der Waals surface area (Å²) in [6.07, 6.45) is 5.77. The van der Waals surface area contributed by atoms with Crippen molar-refractivity contribution in [1.29, 1.82) is 0 Å². The highest BCUT2D eigenvalue weighted by Gasteiger charge is 2.32. The summed E-state index contributed by atoms with van der Waals surface area (Å²) in [4.78, 5) is 26.9. The molecule has 1 aromatic heterocycles. The Kier molecular flexibility index (Phi) is 6.88. The second-order valence-electron chi connectivity index (χ2n) is 6.61. The monoisotopic (exact) mass is 419 g/mol. The summed E-state index contributed by atoms with van der Waals surface area (Å²) < 4.78 is 5.40. The number of nitrogens with zero attached hydrogens (tertiary/aromatic N) is 1. The van der Waals surface area contributed by atoms with Gasteiger partial charge >= 0.3 is 11.9 Å². The third-order valence-electron chi connectivity index (χ3n) is 4.58. The maximum atomic E-state index is 12.0. The smallest absolute Gasteiger partial charge is 0.336 e. The summed E-state index contributed by atoms with van der Waals surface area (Å²) in [5.74, 6) is -1.32. The van der Waals surface area contributed by atoms with Crippen LogP contribution in [0, 0.1) is 0 Å². The van der Waals surface area contributed by atoms with Crippen molar-refractivity contribution in [2.75, 3.05) is 6.54 Å². The molecule has 1 N–H and O–H groups in total. The predicted octanol–water partition coefficient (Wildman–Crippen LogP) is 4.85. The van der Waals surface area contributed by atoms with E-state index in [1.165, 1.54) is 17.4 Å². The molecular formula is C21H22ClNO4S. The van der Waals surface area contributed by atoms with Crippen LogP contribution in [0.15, 0.2) is 42.5 Å². The molecule has 28 heavy (non-hydrogen) atoms. The molecule has 7 heteroatoms. The highest BCUT2D eigenvalue weighted by atomic mass is 35.5. The molecule has 0 bridgehead atoms. The molecule has 1 unspecified atom stereocenters. The molecule has 148 valence electrons. The lowest BCUT2D eigenvalue weighted by atomic mass is 10.0. The van der Waals surface area contributed by atoms with Crippen LogP contribution in [0.1, 0.15) is 41.8 Å². The van der Waals surface area contributed by atoms with Crippen molar-refractivity contribution in [2.24, 2.45) is 0 Å². The molecule has 2 heterocycles. The molecule has 2 aromatic rings. The number of rotatable bonds is 7. The van der Waals surface area contributed by atoms with E-state index in [1.54, 1.807) is 30.3 Å². The van der Waals surface area contributed by atoms with Crippen LogP contribution in [0.5, 0.6) is 5.06 Å². The number of esters is 1. The van der Waals surface area contributed by atoms with Crippen LogP contribution >= 0.6 is 22.9 Å². The van der Waals surface area contributed by atoms with Gasteiger partial charge in [0.2, 0.25) is 0 Å². The Labute approximate surface area is 173 Å². The summed E-state index contributed by atoms with van der Waals surface area (Å²) in [6.45, 7) is 3.11. The zero-order chi connectivity index (χ0) is 20.1. The molecule has 0 saturated heterocycles. The van der Waals surface area contributed by atoms with Crippen LogP contribution in [0.25, 0.3) is 0 Å². The number of ether oxygens (including phenoxy) is 1. The van der Waals surface area contributed by atoms with Gasteiger partial charge in [-0.2, -0.15) is 0 Å². The number of carboxylic acid groups (broad SMARTS) is 1. The third kappa shape index (κ3) is 4.82. The number of aliphatic carboxylic acids is 1. The molecule has 0 amide bonds. The second kappa shape index (κ2) is 9.37. The Morgan fingerprint density at radius 3 is 2.89 bits per heavy atom. The second-order valence-corrected chi connectivity index (χ2v) is 8.12. The first-order chi connectivity index (χ1) is 13.5. The Morgan fingerprint density at radius 2 is 2.18 bits per heavy atom. The molecular weight excluding hydrogens is 398 g/mol. The lowest BCUT2D eigenvalue weighted by molar-refractivity contribution is -0.144. The number of thiophene rings is 1. The lowest BCUT2D eigenvalue weighted by Gasteiger charge is -2.32. The number of allylic oxidation sites excluding steroid dienone is 1. The maximum Gasteiger partial charge on any atom is 0.336 e. The summed E-state index contributed by atoms with van der Waals surface area (Å²) >= 11 is 7.69. The predicted molar refractivity (Wildman–Crippen MR) is 110 cm³/mol. The van der Waals surface area contributed by atoms with Crippen molar-refractivity contribution in [2.45, 2.75) is 38.8 Å². The van der Waals surface area contributed by atoms with Gasteiger partial charge in [-0.05, 0) is 36.1 Å². The highest BCUT2D eigenvalue weighted by molar-refractivity contribution is 7.14. The number of halogens is 1. The van der Waals surface area contributed by atoms with Gasteiger partial charge in [0.05, 0.1) is 0 Å². The molecule has 0 aliphatic carbocycles. The number of unbranched alkanes of at least 4 members (excludes halogenated alkanes) is 1. The van der Waals surface area contributed by atoms with Gasteiger partial charge in [-0.25, -0.2) is 4.79 Å². The molecule has 1 atom stereocenters. The van der Waals surface area contributed by atoms with E-state index < -0.39 is 12.0 Å². The van der Waals surface area contributed by atoms with Crippen LogP contribution in [-0.4, -0.2) is 28.5 Å². The van der Waals surface area contributed by atoms with Crippen LogP contribution in [0.4, 0.5) is 0 Å². The minimum atomic E-state index is -0.931. The van der Waals surface area contributed by atoms with Crippen molar-refractivity contribution < 1.29 is 19.4 Å². The van der Waals surface area contributed by atoms with Crippen molar-refractivity contribution in [1.82, 2.24) is 4.90 Å². The molecule has 0 fully saturated rings. The van der Waals surface area contributed by atoms with Gasteiger partial charge in [0.1, 0.15) is 6.04 Å². The van der Waals surface area contributed by atoms with Gasteiger partial charge in [0, 0.05) is 29.1 Å². The average molecular weight is 420 g/mol.